The van der Waals surface area contributed by atoms with Crippen molar-refractivity contribution in [3.63, 3.8) is 0 Å². The highest BCUT2D eigenvalue weighted by Gasteiger charge is 2.16. The highest BCUT2D eigenvalue weighted by molar-refractivity contribution is 5.64. The van der Waals surface area contributed by atoms with Crippen molar-refractivity contribution >= 4 is 0 Å². The lowest BCUT2D eigenvalue weighted by molar-refractivity contribution is 0.279. The van der Waals surface area contributed by atoms with Crippen LogP contribution < -0.4 is 0 Å². The van der Waals surface area contributed by atoms with Crippen LogP contribution in [0, 0.1) is 20.8 Å². The number of aromatic nitrogens is 4. The van der Waals surface area contributed by atoms with Crippen LogP contribution in [0.1, 0.15) is 28.5 Å². The Kier molecular flexibility index (Phi) is 5.27. The number of hydrogen-bond donors (Lipinski definition) is 0. The molecule has 0 bridgehead atoms. The Morgan fingerprint density at radius 1 is 0.931 bits per heavy atom. The van der Waals surface area contributed by atoms with Crippen LogP contribution in [0.15, 0.2) is 59.1 Å². The van der Waals surface area contributed by atoms with Gasteiger partial charge in [-0.3, -0.25) is 4.90 Å². The first-order valence-corrected chi connectivity index (χ1v) is 9.68. The fourth-order valence-corrected chi connectivity index (χ4v) is 3.37. The van der Waals surface area contributed by atoms with Crippen molar-refractivity contribution < 1.29 is 4.42 Å². The first-order valence-electron chi connectivity index (χ1n) is 9.68. The summed E-state index contributed by atoms with van der Waals surface area (Å²) >= 11 is 0. The lowest BCUT2D eigenvalue weighted by Gasteiger charge is -2.14. The number of benzene rings is 2. The standard InChI is InChI=1S/C23H25N5O/c1-16-8-10-21(11-9-16)28-14-20(13-27(4)15-22-25-24-18(3)29-22)23(26-28)19-7-5-6-17(2)12-19/h5-12,14H,13,15H2,1-4H3. The van der Waals surface area contributed by atoms with E-state index in [9.17, 15) is 0 Å². The Morgan fingerprint density at radius 2 is 1.72 bits per heavy atom. The predicted octanol–water partition coefficient (Wildman–Crippen LogP) is 4.48. The summed E-state index contributed by atoms with van der Waals surface area (Å²) in [7, 11) is 2.04. The van der Waals surface area contributed by atoms with Crippen molar-refractivity contribution in [1.29, 1.82) is 0 Å². The lowest BCUT2D eigenvalue weighted by Crippen LogP contribution is -2.17. The highest BCUT2D eigenvalue weighted by Crippen LogP contribution is 2.26. The third-order valence-corrected chi connectivity index (χ3v) is 4.79. The van der Waals surface area contributed by atoms with Gasteiger partial charge >= 0.3 is 0 Å². The largest absolute Gasteiger partial charge is 0.424 e. The van der Waals surface area contributed by atoms with Gasteiger partial charge in [0.05, 0.1) is 17.9 Å². The summed E-state index contributed by atoms with van der Waals surface area (Å²) in [6.07, 6.45) is 2.11. The topological polar surface area (TPSA) is 60.0 Å². The van der Waals surface area contributed by atoms with E-state index in [1.807, 2.05) is 11.7 Å². The van der Waals surface area contributed by atoms with E-state index in [0.29, 0.717) is 18.3 Å². The maximum absolute atomic E-state index is 5.52. The highest BCUT2D eigenvalue weighted by atomic mass is 16.4. The van der Waals surface area contributed by atoms with E-state index in [-0.39, 0.29) is 0 Å². The molecule has 0 saturated carbocycles. The third-order valence-electron chi connectivity index (χ3n) is 4.79. The molecule has 0 spiro atoms. The SMILES string of the molecule is Cc1ccc(-n2cc(CN(C)Cc3nnc(C)o3)c(-c3cccc(C)c3)n2)cc1. The molecule has 4 rings (SSSR count). The minimum Gasteiger partial charge on any atom is -0.424 e. The minimum atomic E-state index is 0.584. The molecule has 0 amide bonds. The summed E-state index contributed by atoms with van der Waals surface area (Å²) < 4.78 is 7.48. The molecule has 0 fully saturated rings. The van der Waals surface area contributed by atoms with Crippen molar-refractivity contribution in [2.24, 2.45) is 0 Å². The summed E-state index contributed by atoms with van der Waals surface area (Å²) in [5, 5.41) is 12.9. The van der Waals surface area contributed by atoms with Gasteiger partial charge in [0, 0.05) is 30.8 Å². The van der Waals surface area contributed by atoms with Crippen LogP contribution in [-0.2, 0) is 13.1 Å². The van der Waals surface area contributed by atoms with Gasteiger partial charge in [0.25, 0.3) is 0 Å². The number of hydrogen-bond acceptors (Lipinski definition) is 5. The lowest BCUT2D eigenvalue weighted by atomic mass is 10.1. The van der Waals surface area contributed by atoms with Gasteiger partial charge in [0.1, 0.15) is 0 Å². The molecule has 2 heterocycles. The summed E-state index contributed by atoms with van der Waals surface area (Å²) in [6.45, 7) is 7.30. The summed E-state index contributed by atoms with van der Waals surface area (Å²) in [5.41, 5.74) is 6.75. The van der Waals surface area contributed by atoms with E-state index >= 15 is 0 Å². The van der Waals surface area contributed by atoms with Crippen LogP contribution >= 0.6 is 0 Å². The second-order valence-corrected chi connectivity index (χ2v) is 7.54. The molecule has 0 atom stereocenters. The minimum absolute atomic E-state index is 0.584. The van der Waals surface area contributed by atoms with E-state index in [2.05, 4.69) is 83.7 Å². The molecule has 148 valence electrons. The van der Waals surface area contributed by atoms with Crippen LogP contribution in [0.3, 0.4) is 0 Å². The Labute approximate surface area is 170 Å². The smallest absolute Gasteiger partial charge is 0.230 e. The number of rotatable bonds is 6. The van der Waals surface area contributed by atoms with Crippen LogP contribution in [0.25, 0.3) is 16.9 Å². The van der Waals surface area contributed by atoms with Crippen molar-refractivity contribution in [2.45, 2.75) is 33.9 Å². The molecule has 4 aromatic rings. The van der Waals surface area contributed by atoms with Crippen LogP contribution in [0.4, 0.5) is 0 Å². The molecule has 6 heteroatoms. The second kappa shape index (κ2) is 8.01. The Balaban J connectivity index is 1.67. The van der Waals surface area contributed by atoms with Crippen molar-refractivity contribution in [3.05, 3.63) is 83.2 Å². The van der Waals surface area contributed by atoms with Crippen LogP contribution in [-0.4, -0.2) is 31.9 Å². The van der Waals surface area contributed by atoms with Gasteiger partial charge in [0.2, 0.25) is 11.8 Å². The molecule has 0 aliphatic carbocycles. The Morgan fingerprint density at radius 3 is 2.41 bits per heavy atom. The van der Waals surface area contributed by atoms with Crippen molar-refractivity contribution in [3.8, 4) is 16.9 Å². The molecule has 6 nitrogen and oxygen atoms in total. The zero-order chi connectivity index (χ0) is 20.4. The van der Waals surface area contributed by atoms with Gasteiger partial charge < -0.3 is 4.42 Å². The fraction of sp³-hybridized carbons (Fsp3) is 0.261. The summed E-state index contributed by atoms with van der Waals surface area (Å²) in [6, 6.07) is 16.9. The molecule has 0 saturated heterocycles. The monoisotopic (exact) mass is 387 g/mol. The second-order valence-electron chi connectivity index (χ2n) is 7.54. The molecule has 2 aromatic heterocycles. The number of nitrogens with zero attached hydrogens (tertiary/aromatic N) is 5. The maximum atomic E-state index is 5.52. The molecule has 0 aliphatic heterocycles. The molecular weight excluding hydrogens is 362 g/mol. The van der Waals surface area contributed by atoms with E-state index < -0.39 is 0 Å². The average molecular weight is 387 g/mol. The average Bonchev–Trinajstić information content (AvgIpc) is 3.28. The van der Waals surface area contributed by atoms with Gasteiger partial charge in [-0.1, -0.05) is 41.5 Å². The molecule has 2 aromatic carbocycles. The van der Waals surface area contributed by atoms with Crippen molar-refractivity contribution in [1.82, 2.24) is 24.9 Å². The Bertz CT molecular complexity index is 1110. The van der Waals surface area contributed by atoms with E-state index in [1.54, 1.807) is 6.92 Å². The van der Waals surface area contributed by atoms with Crippen LogP contribution in [0.2, 0.25) is 0 Å². The quantitative estimate of drug-likeness (QED) is 0.488. The van der Waals surface area contributed by atoms with E-state index in [4.69, 9.17) is 9.52 Å². The first-order chi connectivity index (χ1) is 14.0. The fourth-order valence-electron chi connectivity index (χ4n) is 3.37. The van der Waals surface area contributed by atoms with Gasteiger partial charge in [-0.15, -0.1) is 10.2 Å². The molecule has 0 radical (unpaired) electrons. The predicted molar refractivity (Wildman–Crippen MR) is 113 cm³/mol. The van der Waals surface area contributed by atoms with Gasteiger partial charge in [0.15, 0.2) is 0 Å². The van der Waals surface area contributed by atoms with E-state index in [1.165, 1.54) is 11.1 Å². The molecule has 29 heavy (non-hydrogen) atoms. The Hall–Kier alpha value is -3.25. The molecule has 0 unspecified atom stereocenters. The summed E-state index contributed by atoms with van der Waals surface area (Å²) in [5.74, 6) is 1.20. The summed E-state index contributed by atoms with van der Waals surface area (Å²) in [4.78, 5) is 2.16. The molecule has 0 N–H and O–H groups in total. The number of aryl methyl sites for hydroxylation is 3. The van der Waals surface area contributed by atoms with E-state index in [0.717, 1.165) is 29.1 Å². The zero-order valence-electron chi connectivity index (χ0n) is 17.3. The zero-order valence-corrected chi connectivity index (χ0v) is 17.3. The van der Waals surface area contributed by atoms with Crippen molar-refractivity contribution in [2.75, 3.05) is 7.05 Å². The molecule has 0 aliphatic rings. The van der Waals surface area contributed by atoms with Crippen LogP contribution in [0.5, 0.6) is 0 Å². The van der Waals surface area contributed by atoms with Gasteiger partial charge in [-0.2, -0.15) is 5.10 Å². The maximum Gasteiger partial charge on any atom is 0.230 e. The molecular formula is C23H25N5O. The normalized spacial score (nSPS) is 11.3. The third kappa shape index (κ3) is 4.43. The van der Waals surface area contributed by atoms with Gasteiger partial charge in [-0.25, -0.2) is 4.68 Å². The first kappa shape index (κ1) is 19.1. The van der Waals surface area contributed by atoms with Gasteiger partial charge in [-0.05, 0) is 39.1 Å².